The van der Waals surface area contributed by atoms with Gasteiger partial charge in [-0.05, 0) is 38.9 Å². The lowest BCUT2D eigenvalue weighted by atomic mass is 10.1. The average molecular weight is 613 g/mol. The molecule has 0 bridgehead atoms. The van der Waals surface area contributed by atoms with Crippen LogP contribution in [0.15, 0.2) is 30.3 Å². The number of likely N-dealkylation sites (N-methyl/N-ethyl adjacent to an activating group) is 1. The van der Waals surface area contributed by atoms with Gasteiger partial charge in [0.05, 0.1) is 18.7 Å². The van der Waals surface area contributed by atoms with Crippen molar-refractivity contribution in [2.75, 3.05) is 38.2 Å². The summed E-state index contributed by atoms with van der Waals surface area (Å²) in [5.74, 6) is -0.519. The zero-order valence-electron chi connectivity index (χ0n) is 23.7. The normalized spacial score (nSPS) is 13.8. The third-order valence-electron chi connectivity index (χ3n) is 5.95. The molecule has 0 aromatic heterocycles. The minimum absolute atomic E-state index is 0.126. The van der Waals surface area contributed by atoms with Crippen molar-refractivity contribution in [2.45, 2.75) is 63.3 Å². The summed E-state index contributed by atoms with van der Waals surface area (Å²) >= 11 is 0. The van der Waals surface area contributed by atoms with Gasteiger partial charge in [0, 0.05) is 30.9 Å². The van der Waals surface area contributed by atoms with Crippen molar-refractivity contribution < 1.29 is 29.1 Å². The SMILES string of the molecule is CNC(CCCCN)C(=O)NC(C(=O)NCCSSCCC(=O)NC(Cc1ccccc1)C(=O)NCC=O)C(C)O. The van der Waals surface area contributed by atoms with Crippen LogP contribution in [-0.4, -0.2) is 97.4 Å². The number of unbranched alkanes of at least 4 members (excludes halogenated alkanes) is 1. The topological polar surface area (TPSA) is 192 Å². The van der Waals surface area contributed by atoms with E-state index >= 15 is 0 Å². The molecule has 1 aromatic rings. The van der Waals surface area contributed by atoms with E-state index in [0.717, 1.165) is 18.4 Å². The third-order valence-corrected chi connectivity index (χ3v) is 8.36. The van der Waals surface area contributed by atoms with Crippen LogP contribution in [0.2, 0.25) is 0 Å². The van der Waals surface area contributed by atoms with Crippen molar-refractivity contribution in [3.63, 3.8) is 0 Å². The molecule has 0 spiro atoms. The van der Waals surface area contributed by atoms with Crippen LogP contribution in [0.5, 0.6) is 0 Å². The van der Waals surface area contributed by atoms with Gasteiger partial charge in [-0.25, -0.2) is 0 Å². The van der Waals surface area contributed by atoms with Gasteiger partial charge in [-0.15, -0.1) is 0 Å². The molecule has 0 radical (unpaired) electrons. The number of hydrogen-bond donors (Lipinski definition) is 7. The van der Waals surface area contributed by atoms with Gasteiger partial charge in [0.2, 0.25) is 23.6 Å². The first-order valence-electron chi connectivity index (χ1n) is 13.7. The van der Waals surface area contributed by atoms with Crippen LogP contribution in [0.1, 0.15) is 38.2 Å². The number of aliphatic hydroxyl groups excluding tert-OH is 1. The lowest BCUT2D eigenvalue weighted by molar-refractivity contribution is -0.132. The molecule has 230 valence electrons. The van der Waals surface area contributed by atoms with Gasteiger partial charge in [0.25, 0.3) is 0 Å². The molecule has 4 atom stereocenters. The lowest BCUT2D eigenvalue weighted by Gasteiger charge is -2.24. The Morgan fingerprint density at radius 3 is 2.29 bits per heavy atom. The van der Waals surface area contributed by atoms with Gasteiger partial charge in [0.1, 0.15) is 18.4 Å². The number of benzene rings is 1. The minimum Gasteiger partial charge on any atom is -0.391 e. The maximum Gasteiger partial charge on any atom is 0.245 e. The van der Waals surface area contributed by atoms with E-state index in [2.05, 4.69) is 26.6 Å². The minimum atomic E-state index is -1.08. The molecule has 1 aromatic carbocycles. The number of rotatable bonds is 22. The van der Waals surface area contributed by atoms with Crippen LogP contribution in [0, 0.1) is 0 Å². The van der Waals surface area contributed by atoms with Crippen LogP contribution < -0.4 is 32.3 Å². The van der Waals surface area contributed by atoms with Crippen molar-refractivity contribution in [3.05, 3.63) is 35.9 Å². The first kappa shape index (κ1) is 36.4. The second kappa shape index (κ2) is 22.0. The molecule has 41 heavy (non-hydrogen) atoms. The fourth-order valence-electron chi connectivity index (χ4n) is 3.73. The number of hydrogen-bond acceptors (Lipinski definition) is 10. The maximum absolute atomic E-state index is 12.6. The Bertz CT molecular complexity index is 940. The van der Waals surface area contributed by atoms with E-state index in [1.165, 1.54) is 28.5 Å². The number of carbonyl (C=O) groups excluding carboxylic acids is 5. The third kappa shape index (κ3) is 15.8. The summed E-state index contributed by atoms with van der Waals surface area (Å²) in [4.78, 5) is 60.6. The molecule has 0 aliphatic carbocycles. The molecule has 1 rings (SSSR count). The van der Waals surface area contributed by atoms with Gasteiger partial charge >= 0.3 is 0 Å². The molecule has 0 aliphatic rings. The summed E-state index contributed by atoms with van der Waals surface area (Å²) in [5.41, 5.74) is 6.39. The van der Waals surface area contributed by atoms with Gasteiger partial charge < -0.3 is 42.2 Å². The largest absolute Gasteiger partial charge is 0.391 e. The first-order chi connectivity index (χ1) is 19.7. The maximum atomic E-state index is 12.6. The number of amides is 4. The van der Waals surface area contributed by atoms with Crippen LogP contribution in [0.4, 0.5) is 0 Å². The molecular formula is C27H44N6O6S2. The predicted molar refractivity (Wildman–Crippen MR) is 163 cm³/mol. The molecule has 4 amide bonds. The number of nitrogens with two attached hydrogens (primary N) is 1. The van der Waals surface area contributed by atoms with E-state index in [-0.39, 0.29) is 24.8 Å². The van der Waals surface area contributed by atoms with Gasteiger partial charge in [-0.2, -0.15) is 0 Å². The smallest absolute Gasteiger partial charge is 0.245 e. The summed E-state index contributed by atoms with van der Waals surface area (Å²) in [6.45, 7) is 2.17. The standard InChI is InChI=1S/C27H44N6O6S2/c1-19(35)24(33-26(38)21(29-2)10-6-7-12-28)27(39)31-14-17-41-40-16-11-23(36)32-22(25(37)30-13-15-34)18-20-8-4-3-5-9-20/h3-5,8-9,15,19,21-22,24,29,35H,6-7,10-14,16-18,28H2,1-2H3,(H,30,37)(H,31,39)(H,32,36)(H,33,38). The first-order valence-corrected chi connectivity index (χ1v) is 16.1. The van der Waals surface area contributed by atoms with Crippen molar-refractivity contribution in [3.8, 4) is 0 Å². The molecule has 14 heteroatoms. The van der Waals surface area contributed by atoms with E-state index in [1.807, 2.05) is 30.3 Å². The molecule has 8 N–H and O–H groups in total. The van der Waals surface area contributed by atoms with Crippen molar-refractivity contribution in [1.29, 1.82) is 0 Å². The molecule has 0 saturated carbocycles. The van der Waals surface area contributed by atoms with E-state index < -0.39 is 36.0 Å². The van der Waals surface area contributed by atoms with Crippen molar-refractivity contribution in [2.24, 2.45) is 5.73 Å². The summed E-state index contributed by atoms with van der Waals surface area (Å²) in [7, 11) is 4.58. The Morgan fingerprint density at radius 2 is 1.66 bits per heavy atom. The van der Waals surface area contributed by atoms with Crippen LogP contribution in [0.3, 0.4) is 0 Å². The van der Waals surface area contributed by atoms with Gasteiger partial charge in [-0.3, -0.25) is 19.2 Å². The highest BCUT2D eigenvalue weighted by Crippen LogP contribution is 2.21. The summed E-state index contributed by atoms with van der Waals surface area (Å²) in [6.07, 6.45) is 2.12. The van der Waals surface area contributed by atoms with Crippen LogP contribution >= 0.6 is 21.6 Å². The number of aliphatic hydroxyl groups is 1. The van der Waals surface area contributed by atoms with Crippen LogP contribution in [0.25, 0.3) is 0 Å². The van der Waals surface area contributed by atoms with E-state index in [9.17, 15) is 29.1 Å². The monoisotopic (exact) mass is 612 g/mol. The second-order valence-corrected chi connectivity index (χ2v) is 12.0. The van der Waals surface area contributed by atoms with E-state index in [4.69, 9.17) is 5.73 Å². The molecule has 0 aliphatic heterocycles. The molecule has 12 nitrogen and oxygen atoms in total. The second-order valence-electron chi connectivity index (χ2n) is 9.26. The summed E-state index contributed by atoms with van der Waals surface area (Å²) in [5, 5.41) is 23.5. The molecule has 0 heterocycles. The van der Waals surface area contributed by atoms with E-state index in [0.29, 0.717) is 43.7 Å². The summed E-state index contributed by atoms with van der Waals surface area (Å²) < 4.78 is 0. The zero-order valence-corrected chi connectivity index (χ0v) is 25.4. The highest BCUT2D eigenvalue weighted by atomic mass is 33.1. The highest BCUT2D eigenvalue weighted by molar-refractivity contribution is 8.76. The Labute approximate surface area is 249 Å². The Kier molecular flexibility index (Phi) is 19.5. The fraction of sp³-hybridized carbons (Fsp3) is 0.593. The highest BCUT2D eigenvalue weighted by Gasteiger charge is 2.28. The average Bonchev–Trinajstić information content (AvgIpc) is 2.96. The Balaban J connectivity index is 2.39. The molecular weight excluding hydrogens is 568 g/mol. The number of aldehydes is 1. The van der Waals surface area contributed by atoms with Gasteiger partial charge in [-0.1, -0.05) is 58.3 Å². The van der Waals surface area contributed by atoms with Gasteiger partial charge in [0.15, 0.2) is 0 Å². The number of carbonyl (C=O) groups is 5. The number of nitrogens with one attached hydrogen (secondary N) is 5. The molecule has 0 saturated heterocycles. The Morgan fingerprint density at radius 1 is 0.951 bits per heavy atom. The fourth-order valence-corrected chi connectivity index (χ4v) is 5.62. The lowest BCUT2D eigenvalue weighted by Crippen LogP contribution is -2.56. The van der Waals surface area contributed by atoms with Crippen LogP contribution in [-0.2, 0) is 30.4 Å². The molecule has 4 unspecified atom stereocenters. The predicted octanol–water partition coefficient (Wildman–Crippen LogP) is -0.501. The van der Waals surface area contributed by atoms with Crippen molar-refractivity contribution in [1.82, 2.24) is 26.6 Å². The molecule has 0 fully saturated rings. The zero-order chi connectivity index (χ0) is 30.5. The van der Waals surface area contributed by atoms with E-state index in [1.54, 1.807) is 7.05 Å². The summed E-state index contributed by atoms with van der Waals surface area (Å²) in [6, 6.07) is 6.91. The van der Waals surface area contributed by atoms with Crippen molar-refractivity contribution >= 4 is 51.5 Å². The Hall–Kier alpha value is -2.65. The quantitative estimate of drug-likeness (QED) is 0.0510.